The Kier molecular flexibility index (Phi) is 2.60. The normalized spacial score (nSPS) is 36.4. The van der Waals surface area contributed by atoms with Crippen LogP contribution >= 0.6 is 23.2 Å². The lowest BCUT2D eigenvalue weighted by Crippen LogP contribution is -2.66. The molecule has 0 unspecified atom stereocenters. The number of Topliss-reactive ketones (excluding diaryl/α,β-unsaturated/α-hetero) is 1. The molecule has 110 valence electrons. The molecule has 21 heavy (non-hydrogen) atoms. The van der Waals surface area contributed by atoms with Crippen LogP contribution in [0, 0.1) is 5.92 Å². The maximum Gasteiger partial charge on any atom is 0.271 e. The average Bonchev–Trinajstić information content (AvgIpc) is 2.73. The van der Waals surface area contributed by atoms with Crippen molar-refractivity contribution in [1.82, 2.24) is 0 Å². The molecule has 1 aliphatic carbocycles. The van der Waals surface area contributed by atoms with Crippen LogP contribution in [-0.2, 0) is 15.0 Å². The van der Waals surface area contributed by atoms with Crippen molar-refractivity contribution in [2.24, 2.45) is 5.92 Å². The van der Waals surface area contributed by atoms with Gasteiger partial charge in [-0.25, -0.2) is 0 Å². The zero-order chi connectivity index (χ0) is 15.0. The van der Waals surface area contributed by atoms with Gasteiger partial charge in [0, 0.05) is 17.0 Å². The predicted octanol–water partition coefficient (Wildman–Crippen LogP) is 3.22. The van der Waals surface area contributed by atoms with E-state index in [0.717, 1.165) is 30.5 Å². The van der Waals surface area contributed by atoms with Crippen LogP contribution in [0.25, 0.3) is 0 Å². The maximum atomic E-state index is 12.7. The van der Waals surface area contributed by atoms with Crippen molar-refractivity contribution in [1.29, 1.82) is 0 Å². The van der Waals surface area contributed by atoms with Crippen LogP contribution in [0.4, 0.5) is 5.69 Å². The number of benzene rings is 1. The van der Waals surface area contributed by atoms with Gasteiger partial charge in [-0.15, -0.1) is 0 Å². The fraction of sp³-hybridized carbons (Fsp3) is 0.500. The van der Waals surface area contributed by atoms with Crippen molar-refractivity contribution in [2.45, 2.75) is 42.0 Å². The number of fused-ring (bicyclic) bond motifs is 3. The molecule has 3 atom stereocenters. The summed E-state index contributed by atoms with van der Waals surface area (Å²) in [4.78, 5) is 27.0. The minimum absolute atomic E-state index is 0.144. The van der Waals surface area contributed by atoms with Crippen molar-refractivity contribution in [3.05, 3.63) is 29.8 Å². The number of carbonyl (C=O) groups excluding carboxylic acids is 2. The molecular formula is C16H15Cl2NO2. The molecule has 2 heterocycles. The smallest absolute Gasteiger partial charge is 0.271 e. The summed E-state index contributed by atoms with van der Waals surface area (Å²) in [6.07, 6.45) is 2.67. The zero-order valence-electron chi connectivity index (χ0n) is 11.6. The van der Waals surface area contributed by atoms with E-state index in [1.54, 1.807) is 4.90 Å². The summed E-state index contributed by atoms with van der Waals surface area (Å²) in [6, 6.07) is 7.72. The van der Waals surface area contributed by atoms with Crippen molar-refractivity contribution in [2.75, 3.05) is 4.90 Å². The topological polar surface area (TPSA) is 37.4 Å². The van der Waals surface area contributed by atoms with Crippen molar-refractivity contribution >= 4 is 40.6 Å². The Morgan fingerprint density at radius 2 is 1.95 bits per heavy atom. The second-order valence-corrected chi connectivity index (χ2v) is 7.82. The summed E-state index contributed by atoms with van der Waals surface area (Å²) < 4.78 is -1.95. The highest BCUT2D eigenvalue weighted by Crippen LogP contribution is 2.57. The van der Waals surface area contributed by atoms with E-state index in [4.69, 9.17) is 23.2 Å². The lowest BCUT2D eigenvalue weighted by molar-refractivity contribution is -0.136. The van der Waals surface area contributed by atoms with Gasteiger partial charge in [-0.3, -0.25) is 9.59 Å². The Morgan fingerprint density at radius 3 is 2.71 bits per heavy atom. The summed E-state index contributed by atoms with van der Waals surface area (Å²) in [5.41, 5.74) is 1.81. The second kappa shape index (κ2) is 4.02. The van der Waals surface area contributed by atoms with Gasteiger partial charge in [0.05, 0.1) is 6.04 Å². The molecule has 0 aromatic heterocycles. The predicted molar refractivity (Wildman–Crippen MR) is 81.9 cm³/mol. The van der Waals surface area contributed by atoms with Gasteiger partial charge in [-0.1, -0.05) is 54.7 Å². The van der Waals surface area contributed by atoms with Gasteiger partial charge in [-0.05, 0) is 24.5 Å². The maximum absolute atomic E-state index is 12.7. The van der Waals surface area contributed by atoms with Crippen molar-refractivity contribution in [3.63, 3.8) is 0 Å². The van der Waals surface area contributed by atoms with Gasteiger partial charge >= 0.3 is 0 Å². The highest BCUT2D eigenvalue weighted by Gasteiger charge is 2.65. The summed E-state index contributed by atoms with van der Waals surface area (Å²) >= 11 is 12.2. The molecule has 2 fully saturated rings. The zero-order valence-corrected chi connectivity index (χ0v) is 13.1. The molecule has 0 bridgehead atoms. The van der Waals surface area contributed by atoms with E-state index in [9.17, 15) is 9.59 Å². The molecule has 1 aromatic rings. The minimum atomic E-state index is -1.95. The number of piperidine rings is 1. The SMILES string of the molecule is C[C@]12CCC[C@H]3C(=O)C(Cl)(Cl)C(=O)N(c4ccccc41)[C@H]32. The monoisotopic (exact) mass is 323 g/mol. The van der Waals surface area contributed by atoms with Crippen LogP contribution in [0.2, 0.25) is 0 Å². The first-order valence-corrected chi connectivity index (χ1v) is 8.00. The Balaban J connectivity index is 1.99. The van der Waals surface area contributed by atoms with E-state index in [1.165, 1.54) is 0 Å². The fourth-order valence-electron chi connectivity index (χ4n) is 4.51. The van der Waals surface area contributed by atoms with E-state index in [2.05, 4.69) is 13.0 Å². The summed E-state index contributed by atoms with van der Waals surface area (Å²) in [6.45, 7) is 2.15. The first kappa shape index (κ1) is 13.6. The standard InChI is InChI=1S/C16H15Cl2NO2/c1-15-8-4-5-9-12(15)19(11-7-3-2-6-10(11)15)14(21)16(17,18)13(9)20/h2-3,6-7,9,12H,4-5,8H2,1H3/t9-,12-,15+/m1/s1. The number of hydrogen-bond donors (Lipinski definition) is 0. The summed E-state index contributed by atoms with van der Waals surface area (Å²) in [5, 5.41) is 0. The lowest BCUT2D eigenvalue weighted by atomic mass is 9.63. The second-order valence-electron chi connectivity index (χ2n) is 6.49. The van der Waals surface area contributed by atoms with E-state index >= 15 is 0 Å². The molecule has 1 aromatic carbocycles. The van der Waals surface area contributed by atoms with Crippen molar-refractivity contribution < 1.29 is 9.59 Å². The van der Waals surface area contributed by atoms with E-state index in [-0.39, 0.29) is 23.2 Å². The van der Waals surface area contributed by atoms with Crippen LogP contribution in [-0.4, -0.2) is 22.1 Å². The molecule has 0 radical (unpaired) electrons. The number of halogens is 2. The molecule has 0 N–H and O–H groups in total. The number of alkyl halides is 2. The van der Waals surface area contributed by atoms with Crippen LogP contribution in [0.1, 0.15) is 31.7 Å². The largest absolute Gasteiger partial charge is 0.304 e. The molecule has 5 heteroatoms. The third-order valence-electron chi connectivity index (χ3n) is 5.44. The minimum Gasteiger partial charge on any atom is -0.304 e. The lowest BCUT2D eigenvalue weighted by Gasteiger charge is -2.49. The number of hydrogen-bond acceptors (Lipinski definition) is 2. The number of para-hydroxylation sites is 1. The number of anilines is 1. The van der Waals surface area contributed by atoms with E-state index < -0.39 is 10.2 Å². The quantitative estimate of drug-likeness (QED) is 0.543. The molecule has 4 rings (SSSR count). The number of carbonyl (C=O) groups is 2. The molecule has 1 saturated carbocycles. The van der Waals surface area contributed by atoms with Gasteiger partial charge < -0.3 is 4.90 Å². The van der Waals surface area contributed by atoms with Crippen LogP contribution in [0.3, 0.4) is 0 Å². The first-order chi connectivity index (χ1) is 9.89. The third-order valence-corrected chi connectivity index (χ3v) is 6.13. The molecule has 3 aliphatic rings. The number of rotatable bonds is 0. The summed E-state index contributed by atoms with van der Waals surface area (Å²) in [5.74, 6) is -1.09. The Hall–Kier alpha value is -1.06. The van der Waals surface area contributed by atoms with Crippen LogP contribution < -0.4 is 4.90 Å². The van der Waals surface area contributed by atoms with Gasteiger partial charge in [-0.2, -0.15) is 0 Å². The Labute approximate surface area is 133 Å². The first-order valence-electron chi connectivity index (χ1n) is 7.24. The molecule has 1 amide bonds. The molecule has 3 nitrogen and oxygen atoms in total. The van der Waals surface area contributed by atoms with Crippen LogP contribution in [0.15, 0.2) is 24.3 Å². The van der Waals surface area contributed by atoms with Crippen molar-refractivity contribution in [3.8, 4) is 0 Å². The highest BCUT2D eigenvalue weighted by molar-refractivity contribution is 6.69. The third kappa shape index (κ3) is 1.46. The molecule has 2 aliphatic heterocycles. The molecular weight excluding hydrogens is 309 g/mol. The number of amides is 1. The van der Waals surface area contributed by atoms with E-state index in [0.29, 0.717) is 0 Å². The van der Waals surface area contributed by atoms with Gasteiger partial charge in [0.2, 0.25) is 0 Å². The number of ketones is 1. The molecule has 0 spiro atoms. The Bertz CT molecular complexity index is 672. The van der Waals surface area contributed by atoms with Gasteiger partial charge in [0.15, 0.2) is 5.78 Å². The van der Waals surface area contributed by atoms with Gasteiger partial charge in [0.1, 0.15) is 0 Å². The van der Waals surface area contributed by atoms with E-state index in [1.807, 2.05) is 18.2 Å². The summed E-state index contributed by atoms with van der Waals surface area (Å²) in [7, 11) is 0. The van der Waals surface area contributed by atoms with Crippen LogP contribution in [0.5, 0.6) is 0 Å². The Morgan fingerprint density at radius 1 is 1.24 bits per heavy atom. The highest BCUT2D eigenvalue weighted by atomic mass is 35.5. The number of nitrogens with zero attached hydrogens (tertiary/aromatic N) is 1. The average molecular weight is 324 g/mol. The van der Waals surface area contributed by atoms with Gasteiger partial charge in [0.25, 0.3) is 10.2 Å². The fourth-order valence-corrected chi connectivity index (χ4v) is 4.98. The molecule has 1 saturated heterocycles.